The van der Waals surface area contributed by atoms with Crippen molar-refractivity contribution in [2.24, 2.45) is 5.92 Å². The van der Waals surface area contributed by atoms with Crippen LogP contribution in [0.3, 0.4) is 0 Å². The maximum absolute atomic E-state index is 6.21. The number of piperidine rings is 1. The molecule has 0 radical (unpaired) electrons. The molecule has 0 aromatic carbocycles. The van der Waals surface area contributed by atoms with Crippen LogP contribution in [-0.2, 0) is 4.74 Å². The average molecular weight is 296 g/mol. The first-order valence-corrected chi connectivity index (χ1v) is 7.18. The molecule has 0 saturated carbocycles. The van der Waals surface area contributed by atoms with Crippen molar-refractivity contribution in [1.29, 1.82) is 0 Å². The van der Waals surface area contributed by atoms with E-state index in [1.165, 1.54) is 6.33 Å². The van der Waals surface area contributed by atoms with Gasteiger partial charge in [0, 0.05) is 32.4 Å². The first-order valence-electron chi connectivity index (χ1n) is 6.80. The van der Waals surface area contributed by atoms with E-state index in [1.807, 2.05) is 6.92 Å². The summed E-state index contributed by atoms with van der Waals surface area (Å²) in [6, 6.07) is 0. The lowest BCUT2D eigenvalue weighted by molar-refractivity contribution is 0.139. The van der Waals surface area contributed by atoms with Crippen LogP contribution >= 0.6 is 11.6 Å². The van der Waals surface area contributed by atoms with E-state index in [4.69, 9.17) is 16.3 Å². The Bertz CT molecular complexity index is 606. The van der Waals surface area contributed by atoms with E-state index in [2.05, 4.69) is 20.0 Å². The normalized spacial score (nSPS) is 17.1. The Morgan fingerprint density at radius 3 is 2.85 bits per heavy atom. The molecule has 1 saturated heterocycles. The summed E-state index contributed by atoms with van der Waals surface area (Å²) >= 11 is 6.21. The molecule has 1 aliphatic rings. The predicted molar refractivity (Wildman–Crippen MR) is 77.3 cm³/mol. The van der Waals surface area contributed by atoms with Crippen LogP contribution in [0.1, 0.15) is 18.4 Å². The summed E-state index contributed by atoms with van der Waals surface area (Å²) in [7, 11) is 1.76. The Balaban J connectivity index is 1.91. The Morgan fingerprint density at radius 1 is 1.40 bits per heavy atom. The van der Waals surface area contributed by atoms with Crippen molar-refractivity contribution in [1.82, 2.24) is 19.6 Å². The van der Waals surface area contributed by atoms with Gasteiger partial charge in [-0.3, -0.25) is 0 Å². The van der Waals surface area contributed by atoms with Gasteiger partial charge in [0.1, 0.15) is 17.3 Å². The monoisotopic (exact) mass is 295 g/mol. The number of nitrogens with zero attached hydrogens (tertiary/aromatic N) is 5. The molecule has 2 aromatic rings. The molecule has 108 valence electrons. The zero-order chi connectivity index (χ0) is 14.1. The van der Waals surface area contributed by atoms with Gasteiger partial charge in [-0.15, -0.1) is 0 Å². The van der Waals surface area contributed by atoms with Gasteiger partial charge in [-0.05, 0) is 25.7 Å². The third-order valence-corrected chi connectivity index (χ3v) is 4.26. The summed E-state index contributed by atoms with van der Waals surface area (Å²) < 4.78 is 7.02. The van der Waals surface area contributed by atoms with Crippen molar-refractivity contribution in [3.63, 3.8) is 0 Å². The standard InChI is InChI=1S/C13H18ClN5O/c1-9-11(14)17-13-15-8-16-19(13)12(9)18-5-3-10(4-6-18)7-20-2/h8,10H,3-7H2,1-2H3. The Labute approximate surface area is 122 Å². The second-order valence-corrected chi connectivity index (χ2v) is 5.57. The maximum atomic E-state index is 6.21. The summed E-state index contributed by atoms with van der Waals surface area (Å²) in [5, 5.41) is 4.77. The quantitative estimate of drug-likeness (QED) is 0.810. The highest BCUT2D eigenvalue weighted by atomic mass is 35.5. The lowest BCUT2D eigenvalue weighted by atomic mass is 9.97. The van der Waals surface area contributed by atoms with Gasteiger partial charge < -0.3 is 9.64 Å². The summed E-state index contributed by atoms with van der Waals surface area (Å²) in [6.07, 6.45) is 3.74. The number of aromatic nitrogens is 4. The van der Waals surface area contributed by atoms with Crippen LogP contribution in [0.15, 0.2) is 6.33 Å². The number of ether oxygens (including phenoxy) is 1. The van der Waals surface area contributed by atoms with E-state index < -0.39 is 0 Å². The number of fused-ring (bicyclic) bond motifs is 1. The molecule has 3 rings (SSSR count). The fourth-order valence-corrected chi connectivity index (χ4v) is 2.96. The zero-order valence-electron chi connectivity index (χ0n) is 11.7. The number of hydrogen-bond acceptors (Lipinski definition) is 5. The molecule has 0 atom stereocenters. The Morgan fingerprint density at radius 2 is 2.15 bits per heavy atom. The first kappa shape index (κ1) is 13.6. The third-order valence-electron chi connectivity index (χ3n) is 3.89. The second-order valence-electron chi connectivity index (χ2n) is 5.21. The minimum Gasteiger partial charge on any atom is -0.384 e. The van der Waals surface area contributed by atoms with Gasteiger partial charge in [-0.1, -0.05) is 11.6 Å². The highest BCUT2D eigenvalue weighted by molar-refractivity contribution is 6.30. The van der Waals surface area contributed by atoms with E-state index in [0.29, 0.717) is 16.8 Å². The fourth-order valence-electron chi connectivity index (χ4n) is 2.80. The van der Waals surface area contributed by atoms with Gasteiger partial charge in [0.05, 0.1) is 0 Å². The number of anilines is 1. The molecule has 1 fully saturated rings. The number of hydrogen-bond donors (Lipinski definition) is 0. The van der Waals surface area contributed by atoms with Crippen LogP contribution in [0.5, 0.6) is 0 Å². The number of rotatable bonds is 3. The van der Waals surface area contributed by atoms with Gasteiger partial charge in [0.2, 0.25) is 0 Å². The van der Waals surface area contributed by atoms with Crippen molar-refractivity contribution in [2.75, 3.05) is 31.7 Å². The molecule has 0 N–H and O–H groups in total. The first-order chi connectivity index (χ1) is 9.70. The van der Waals surface area contributed by atoms with Crippen molar-refractivity contribution >= 4 is 23.2 Å². The molecular weight excluding hydrogens is 278 g/mol. The fraction of sp³-hybridized carbons (Fsp3) is 0.615. The molecule has 0 amide bonds. The summed E-state index contributed by atoms with van der Waals surface area (Å²) in [5.74, 6) is 2.20. The van der Waals surface area contributed by atoms with Gasteiger partial charge in [0.25, 0.3) is 5.78 Å². The van der Waals surface area contributed by atoms with E-state index in [-0.39, 0.29) is 0 Å². The van der Waals surface area contributed by atoms with Gasteiger partial charge in [0.15, 0.2) is 0 Å². The molecule has 2 aromatic heterocycles. The highest BCUT2D eigenvalue weighted by Gasteiger charge is 2.24. The maximum Gasteiger partial charge on any atom is 0.255 e. The van der Waals surface area contributed by atoms with E-state index in [0.717, 1.165) is 43.9 Å². The van der Waals surface area contributed by atoms with Crippen LogP contribution in [-0.4, -0.2) is 46.4 Å². The topological polar surface area (TPSA) is 55.5 Å². The lowest BCUT2D eigenvalue weighted by Gasteiger charge is -2.34. The second kappa shape index (κ2) is 5.54. The summed E-state index contributed by atoms with van der Waals surface area (Å²) in [6.45, 7) is 4.77. The van der Waals surface area contributed by atoms with Crippen LogP contribution in [0.4, 0.5) is 5.82 Å². The Kier molecular flexibility index (Phi) is 3.76. The van der Waals surface area contributed by atoms with E-state index in [1.54, 1.807) is 11.6 Å². The highest BCUT2D eigenvalue weighted by Crippen LogP contribution is 2.29. The van der Waals surface area contributed by atoms with Crippen LogP contribution in [0.25, 0.3) is 5.78 Å². The molecule has 6 nitrogen and oxygen atoms in total. The van der Waals surface area contributed by atoms with Gasteiger partial charge in [-0.25, -0.2) is 0 Å². The predicted octanol–water partition coefficient (Wildman–Crippen LogP) is 1.95. The minimum absolute atomic E-state index is 0.500. The molecule has 0 bridgehead atoms. The van der Waals surface area contributed by atoms with Crippen LogP contribution in [0, 0.1) is 12.8 Å². The van der Waals surface area contributed by atoms with Crippen molar-refractivity contribution in [3.05, 3.63) is 17.0 Å². The summed E-state index contributed by atoms with van der Waals surface area (Å²) in [5.41, 5.74) is 0.954. The number of methoxy groups -OCH3 is 1. The molecular formula is C13H18ClN5O. The van der Waals surface area contributed by atoms with Crippen LogP contribution in [0.2, 0.25) is 5.15 Å². The third kappa shape index (κ3) is 2.33. The van der Waals surface area contributed by atoms with E-state index >= 15 is 0 Å². The molecule has 3 heterocycles. The number of halogens is 1. The summed E-state index contributed by atoms with van der Waals surface area (Å²) in [4.78, 5) is 10.7. The molecule has 1 aliphatic heterocycles. The van der Waals surface area contributed by atoms with Crippen molar-refractivity contribution in [3.8, 4) is 0 Å². The average Bonchev–Trinajstić information content (AvgIpc) is 2.89. The van der Waals surface area contributed by atoms with Gasteiger partial charge in [-0.2, -0.15) is 19.6 Å². The molecule has 0 unspecified atom stereocenters. The van der Waals surface area contributed by atoms with Crippen LogP contribution < -0.4 is 4.90 Å². The lowest BCUT2D eigenvalue weighted by Crippen LogP contribution is -2.36. The van der Waals surface area contributed by atoms with E-state index in [9.17, 15) is 0 Å². The molecule has 20 heavy (non-hydrogen) atoms. The zero-order valence-corrected chi connectivity index (χ0v) is 12.5. The molecule has 7 heteroatoms. The largest absolute Gasteiger partial charge is 0.384 e. The smallest absolute Gasteiger partial charge is 0.255 e. The Hall–Kier alpha value is -1.40. The SMILES string of the molecule is COCC1CCN(c2c(C)c(Cl)nc3ncnn23)CC1. The van der Waals surface area contributed by atoms with Gasteiger partial charge >= 0.3 is 0 Å². The minimum atomic E-state index is 0.500. The van der Waals surface area contributed by atoms with Crippen molar-refractivity contribution < 1.29 is 4.74 Å². The molecule has 0 spiro atoms. The van der Waals surface area contributed by atoms with Crippen molar-refractivity contribution in [2.45, 2.75) is 19.8 Å². The molecule has 0 aliphatic carbocycles.